The summed E-state index contributed by atoms with van der Waals surface area (Å²) >= 11 is 0. The van der Waals surface area contributed by atoms with Crippen molar-refractivity contribution in [2.24, 2.45) is 5.73 Å². The molecule has 0 aromatic heterocycles. The Kier molecular flexibility index (Phi) is 3.98. The van der Waals surface area contributed by atoms with Gasteiger partial charge in [0.15, 0.2) is 0 Å². The highest BCUT2D eigenvalue weighted by molar-refractivity contribution is 4.74. The topological polar surface area (TPSA) is 41.3 Å². The van der Waals surface area contributed by atoms with Crippen LogP contribution in [0.5, 0.6) is 0 Å². The largest absolute Gasteiger partial charge is 0.327 e. The van der Waals surface area contributed by atoms with Crippen LogP contribution in [0.4, 0.5) is 0 Å². The maximum Gasteiger partial charge on any atom is 0.0166 e. The summed E-state index contributed by atoms with van der Waals surface area (Å²) in [4.78, 5) is 2.45. The molecule has 0 saturated carbocycles. The SMILES string of the molecule is CC(N)CN1CCCNC(C)C1. The van der Waals surface area contributed by atoms with Gasteiger partial charge >= 0.3 is 0 Å². The van der Waals surface area contributed by atoms with Gasteiger partial charge in [0.1, 0.15) is 0 Å². The number of nitrogens with one attached hydrogen (secondary N) is 1. The van der Waals surface area contributed by atoms with Crippen LogP contribution in [-0.4, -0.2) is 43.2 Å². The fourth-order valence-electron chi connectivity index (χ4n) is 1.77. The Morgan fingerprint density at radius 3 is 3.08 bits per heavy atom. The van der Waals surface area contributed by atoms with E-state index in [1.165, 1.54) is 13.0 Å². The van der Waals surface area contributed by atoms with Crippen LogP contribution in [0.1, 0.15) is 20.3 Å². The number of rotatable bonds is 2. The number of hydrogen-bond donors (Lipinski definition) is 2. The molecule has 0 aromatic carbocycles. The predicted molar refractivity (Wildman–Crippen MR) is 52.2 cm³/mol. The second-order valence-electron chi connectivity index (χ2n) is 3.95. The third kappa shape index (κ3) is 3.52. The van der Waals surface area contributed by atoms with Crippen LogP contribution in [0.3, 0.4) is 0 Å². The molecule has 0 aromatic rings. The molecule has 3 heteroatoms. The van der Waals surface area contributed by atoms with Crippen LogP contribution in [0, 0.1) is 0 Å². The Bertz CT molecular complexity index is 125. The van der Waals surface area contributed by atoms with Crippen molar-refractivity contribution in [2.45, 2.75) is 32.4 Å². The van der Waals surface area contributed by atoms with Crippen molar-refractivity contribution in [1.29, 1.82) is 0 Å². The van der Waals surface area contributed by atoms with Crippen molar-refractivity contribution in [3.8, 4) is 0 Å². The van der Waals surface area contributed by atoms with Crippen LogP contribution in [-0.2, 0) is 0 Å². The van der Waals surface area contributed by atoms with Crippen molar-refractivity contribution < 1.29 is 0 Å². The maximum absolute atomic E-state index is 5.76. The zero-order valence-electron chi connectivity index (χ0n) is 8.21. The van der Waals surface area contributed by atoms with E-state index in [1.54, 1.807) is 0 Å². The third-order valence-electron chi connectivity index (χ3n) is 2.22. The summed E-state index contributed by atoms with van der Waals surface area (Å²) in [6, 6.07) is 0.918. The van der Waals surface area contributed by atoms with Gasteiger partial charge in [0.25, 0.3) is 0 Å². The Morgan fingerprint density at radius 1 is 1.67 bits per heavy atom. The molecule has 1 saturated heterocycles. The minimum atomic E-state index is 0.301. The summed E-state index contributed by atoms with van der Waals surface area (Å²) in [6.07, 6.45) is 1.25. The highest BCUT2D eigenvalue weighted by atomic mass is 15.2. The first-order chi connectivity index (χ1) is 5.68. The summed E-state index contributed by atoms with van der Waals surface area (Å²) in [5, 5.41) is 3.47. The van der Waals surface area contributed by atoms with Crippen LogP contribution in [0.2, 0.25) is 0 Å². The molecular formula is C9H21N3. The summed E-state index contributed by atoms with van der Waals surface area (Å²) < 4.78 is 0. The molecule has 0 spiro atoms. The first-order valence-corrected chi connectivity index (χ1v) is 4.90. The lowest BCUT2D eigenvalue weighted by Crippen LogP contribution is -2.40. The minimum Gasteiger partial charge on any atom is -0.327 e. The average Bonchev–Trinajstić information content (AvgIpc) is 2.12. The van der Waals surface area contributed by atoms with Crippen molar-refractivity contribution in [3.63, 3.8) is 0 Å². The quantitative estimate of drug-likeness (QED) is 0.615. The fourth-order valence-corrected chi connectivity index (χ4v) is 1.77. The van der Waals surface area contributed by atoms with E-state index in [2.05, 4.69) is 24.1 Å². The predicted octanol–water partition coefficient (Wildman–Crippen LogP) is 0.0174. The second-order valence-corrected chi connectivity index (χ2v) is 3.95. The maximum atomic E-state index is 5.76. The zero-order valence-corrected chi connectivity index (χ0v) is 8.21. The van der Waals surface area contributed by atoms with Gasteiger partial charge < -0.3 is 16.0 Å². The normalized spacial score (nSPS) is 29.8. The molecule has 0 amide bonds. The van der Waals surface area contributed by atoms with Gasteiger partial charge in [0.2, 0.25) is 0 Å². The Morgan fingerprint density at radius 2 is 2.42 bits per heavy atom. The van der Waals surface area contributed by atoms with Gasteiger partial charge in [-0.25, -0.2) is 0 Å². The highest BCUT2D eigenvalue weighted by Gasteiger charge is 2.14. The number of nitrogens with two attached hydrogens (primary N) is 1. The molecule has 12 heavy (non-hydrogen) atoms. The van der Waals surface area contributed by atoms with Gasteiger partial charge in [-0.15, -0.1) is 0 Å². The van der Waals surface area contributed by atoms with Gasteiger partial charge in [0, 0.05) is 25.2 Å². The molecule has 3 nitrogen and oxygen atoms in total. The lowest BCUT2D eigenvalue weighted by Gasteiger charge is -2.23. The van der Waals surface area contributed by atoms with Crippen molar-refractivity contribution in [3.05, 3.63) is 0 Å². The van der Waals surface area contributed by atoms with E-state index in [1.807, 2.05) is 0 Å². The van der Waals surface area contributed by atoms with Crippen LogP contribution in [0.15, 0.2) is 0 Å². The highest BCUT2D eigenvalue weighted by Crippen LogP contribution is 2.00. The first-order valence-electron chi connectivity index (χ1n) is 4.90. The van der Waals surface area contributed by atoms with Gasteiger partial charge in [-0.1, -0.05) is 0 Å². The zero-order chi connectivity index (χ0) is 8.97. The Hall–Kier alpha value is -0.120. The van der Waals surface area contributed by atoms with E-state index < -0.39 is 0 Å². The molecule has 0 bridgehead atoms. The summed E-state index contributed by atoms with van der Waals surface area (Å²) in [7, 11) is 0. The van der Waals surface area contributed by atoms with Gasteiger partial charge in [-0.3, -0.25) is 0 Å². The Labute approximate surface area is 75.3 Å². The molecule has 1 rings (SSSR count). The van der Waals surface area contributed by atoms with Crippen LogP contribution in [0.25, 0.3) is 0 Å². The molecule has 72 valence electrons. The van der Waals surface area contributed by atoms with E-state index in [0.717, 1.165) is 19.6 Å². The summed E-state index contributed by atoms with van der Waals surface area (Å²) in [6.45, 7) is 8.82. The molecule has 0 radical (unpaired) electrons. The molecular weight excluding hydrogens is 150 g/mol. The smallest absolute Gasteiger partial charge is 0.0166 e. The van der Waals surface area contributed by atoms with Gasteiger partial charge in [-0.2, -0.15) is 0 Å². The number of nitrogens with zero attached hydrogens (tertiary/aromatic N) is 1. The lowest BCUT2D eigenvalue weighted by molar-refractivity contribution is 0.260. The monoisotopic (exact) mass is 171 g/mol. The van der Waals surface area contributed by atoms with E-state index in [4.69, 9.17) is 5.73 Å². The summed E-state index contributed by atoms with van der Waals surface area (Å²) in [5.41, 5.74) is 5.76. The van der Waals surface area contributed by atoms with E-state index in [-0.39, 0.29) is 0 Å². The number of hydrogen-bond acceptors (Lipinski definition) is 3. The van der Waals surface area contributed by atoms with E-state index in [9.17, 15) is 0 Å². The Balaban J connectivity index is 2.31. The van der Waals surface area contributed by atoms with E-state index >= 15 is 0 Å². The van der Waals surface area contributed by atoms with E-state index in [0.29, 0.717) is 12.1 Å². The standard InChI is InChI=1S/C9H21N3/c1-8(10)6-12-5-3-4-11-9(2)7-12/h8-9,11H,3-7,10H2,1-2H3. The molecule has 1 aliphatic rings. The van der Waals surface area contributed by atoms with Gasteiger partial charge in [0.05, 0.1) is 0 Å². The molecule has 3 N–H and O–H groups in total. The minimum absolute atomic E-state index is 0.301. The summed E-state index contributed by atoms with van der Waals surface area (Å²) in [5.74, 6) is 0. The van der Waals surface area contributed by atoms with Crippen molar-refractivity contribution in [1.82, 2.24) is 10.2 Å². The van der Waals surface area contributed by atoms with Crippen LogP contribution >= 0.6 is 0 Å². The molecule has 2 atom stereocenters. The molecule has 1 heterocycles. The first kappa shape index (κ1) is 9.96. The lowest BCUT2D eigenvalue weighted by atomic mass is 10.2. The van der Waals surface area contributed by atoms with Crippen molar-refractivity contribution in [2.75, 3.05) is 26.2 Å². The van der Waals surface area contributed by atoms with Crippen molar-refractivity contribution >= 4 is 0 Å². The average molecular weight is 171 g/mol. The molecule has 2 unspecified atom stereocenters. The molecule has 1 aliphatic heterocycles. The van der Waals surface area contributed by atoms with Crippen LogP contribution < -0.4 is 11.1 Å². The fraction of sp³-hybridized carbons (Fsp3) is 1.00. The molecule has 0 aliphatic carbocycles. The second kappa shape index (κ2) is 4.80. The van der Waals surface area contributed by atoms with Gasteiger partial charge in [-0.05, 0) is 33.4 Å². The third-order valence-corrected chi connectivity index (χ3v) is 2.22. The molecule has 1 fully saturated rings.